The average Bonchev–Trinajstić information content (AvgIpc) is 3.92. The first-order valence-corrected chi connectivity index (χ1v) is 14.6. The van der Waals surface area contributed by atoms with Crippen LogP contribution < -0.4 is 0 Å². The molecule has 1 aromatic heterocycles. The first-order chi connectivity index (χ1) is 19.0. The van der Waals surface area contributed by atoms with Crippen LogP contribution in [0.1, 0.15) is 85.4 Å². The van der Waals surface area contributed by atoms with Gasteiger partial charge in [-0.2, -0.15) is 0 Å². The molecular formula is C38H41N. The number of hydrogen-bond acceptors (Lipinski definition) is 1. The van der Waals surface area contributed by atoms with Crippen LogP contribution in [0.4, 0.5) is 0 Å². The summed E-state index contributed by atoms with van der Waals surface area (Å²) in [6.07, 6.45) is 13.7. The first kappa shape index (κ1) is 26.9. The number of rotatable bonds is 9. The number of allylic oxidation sites excluding steroid dienone is 1. The van der Waals surface area contributed by atoms with Crippen LogP contribution in [-0.2, 0) is 31.1 Å². The second-order valence-corrected chi connectivity index (χ2v) is 11.5. The summed E-state index contributed by atoms with van der Waals surface area (Å²) in [5.41, 5.74) is 17.3. The lowest BCUT2D eigenvalue weighted by atomic mass is 9.88. The number of fused-ring (bicyclic) bond motifs is 1. The molecule has 0 unspecified atom stereocenters. The summed E-state index contributed by atoms with van der Waals surface area (Å²) in [6.45, 7) is 10.4. The van der Waals surface area contributed by atoms with Crippen molar-refractivity contribution in [3.05, 3.63) is 136 Å². The zero-order valence-electron chi connectivity index (χ0n) is 23.9. The van der Waals surface area contributed by atoms with Crippen molar-refractivity contribution in [3.8, 4) is 11.1 Å². The topological polar surface area (TPSA) is 12.9 Å². The molecule has 1 fully saturated rings. The molecule has 198 valence electrons. The van der Waals surface area contributed by atoms with E-state index in [0.29, 0.717) is 5.41 Å². The van der Waals surface area contributed by atoms with Crippen LogP contribution >= 0.6 is 0 Å². The molecule has 39 heavy (non-hydrogen) atoms. The molecule has 2 aliphatic rings. The van der Waals surface area contributed by atoms with Gasteiger partial charge in [0, 0.05) is 12.4 Å². The molecule has 0 aliphatic heterocycles. The number of unbranched alkanes of at least 4 members (excludes halogenated alkanes) is 1. The van der Waals surface area contributed by atoms with Gasteiger partial charge >= 0.3 is 0 Å². The van der Waals surface area contributed by atoms with Gasteiger partial charge in [0.15, 0.2) is 0 Å². The minimum absolute atomic E-state index is 0.363. The standard InChI is InChI=1S/C19H23N.C19H18/c1-3-4-7-15-8-5-6-9-16(15)17-10-13-20-14-18(17)19(2)11-12-19;1-3-14(2)17-6-4-5-15(11-17)7-8-16-9-10-18-13-19(18)12-16/h5-6,8-10,13-14H,3-4,7,11-12H2,1-2H3;4-6,9-12H,1,7-8,13H2,2H3. The highest BCUT2D eigenvalue weighted by molar-refractivity contribution is 5.72. The first-order valence-electron chi connectivity index (χ1n) is 14.6. The van der Waals surface area contributed by atoms with E-state index in [1.807, 2.05) is 6.20 Å². The Morgan fingerprint density at radius 3 is 2.41 bits per heavy atom. The van der Waals surface area contributed by atoms with E-state index in [1.165, 1.54) is 88.6 Å². The van der Waals surface area contributed by atoms with E-state index < -0.39 is 0 Å². The van der Waals surface area contributed by atoms with E-state index in [2.05, 4.69) is 117 Å². The predicted molar refractivity (Wildman–Crippen MR) is 166 cm³/mol. The molecule has 6 rings (SSSR count). The Kier molecular flexibility index (Phi) is 8.30. The quantitative estimate of drug-likeness (QED) is 0.179. The summed E-state index contributed by atoms with van der Waals surface area (Å²) in [4.78, 5) is 4.37. The molecule has 4 aromatic rings. The summed E-state index contributed by atoms with van der Waals surface area (Å²) in [5.74, 6) is 0. The third-order valence-electron chi connectivity index (χ3n) is 8.43. The van der Waals surface area contributed by atoms with Crippen molar-refractivity contribution in [1.82, 2.24) is 4.98 Å². The average molecular weight is 512 g/mol. The second-order valence-electron chi connectivity index (χ2n) is 11.5. The fourth-order valence-electron chi connectivity index (χ4n) is 5.39. The van der Waals surface area contributed by atoms with E-state index in [9.17, 15) is 0 Å². The van der Waals surface area contributed by atoms with Crippen molar-refractivity contribution >= 4 is 5.57 Å². The van der Waals surface area contributed by atoms with Gasteiger partial charge in [0.2, 0.25) is 0 Å². The fourth-order valence-corrected chi connectivity index (χ4v) is 5.39. The minimum Gasteiger partial charge on any atom is -0.264 e. The Bertz CT molecular complexity index is 1500. The summed E-state index contributed by atoms with van der Waals surface area (Å²) in [6, 6.07) is 26.7. The maximum atomic E-state index is 4.37. The summed E-state index contributed by atoms with van der Waals surface area (Å²) >= 11 is 0. The van der Waals surface area contributed by atoms with Gasteiger partial charge in [-0.3, -0.25) is 4.98 Å². The fraction of sp³-hybridized carbons (Fsp3) is 0.316. The van der Waals surface area contributed by atoms with E-state index in [-0.39, 0.29) is 0 Å². The lowest BCUT2D eigenvalue weighted by molar-refractivity contribution is 0.780. The molecule has 1 nitrogen and oxygen atoms in total. The Balaban J connectivity index is 0.000000158. The van der Waals surface area contributed by atoms with Crippen molar-refractivity contribution in [1.29, 1.82) is 0 Å². The van der Waals surface area contributed by atoms with Crippen LogP contribution in [0.25, 0.3) is 16.7 Å². The Hall–Kier alpha value is -3.67. The zero-order chi connectivity index (χ0) is 27.2. The van der Waals surface area contributed by atoms with E-state index in [1.54, 1.807) is 0 Å². The molecule has 1 heteroatoms. The number of pyridine rings is 1. The number of nitrogens with zero attached hydrogens (tertiary/aromatic N) is 1. The van der Waals surface area contributed by atoms with Crippen LogP contribution in [0.3, 0.4) is 0 Å². The summed E-state index contributed by atoms with van der Waals surface area (Å²) < 4.78 is 0. The van der Waals surface area contributed by atoms with Crippen molar-refractivity contribution in [3.63, 3.8) is 0 Å². The maximum Gasteiger partial charge on any atom is 0.0311 e. The van der Waals surface area contributed by atoms with Crippen LogP contribution in [0.2, 0.25) is 0 Å². The normalized spacial score (nSPS) is 13.9. The third-order valence-corrected chi connectivity index (χ3v) is 8.43. The van der Waals surface area contributed by atoms with Crippen LogP contribution in [0.15, 0.2) is 97.5 Å². The van der Waals surface area contributed by atoms with Crippen LogP contribution in [0.5, 0.6) is 0 Å². The molecule has 0 amide bonds. The molecule has 0 bridgehead atoms. The van der Waals surface area contributed by atoms with Crippen molar-refractivity contribution in [2.45, 2.75) is 77.6 Å². The van der Waals surface area contributed by atoms with Crippen LogP contribution in [-0.4, -0.2) is 4.98 Å². The lowest BCUT2D eigenvalue weighted by Crippen LogP contribution is -2.04. The highest BCUT2D eigenvalue weighted by Gasteiger charge is 2.41. The van der Waals surface area contributed by atoms with Gasteiger partial charge in [-0.05, 0) is 119 Å². The van der Waals surface area contributed by atoms with Gasteiger partial charge in [0.1, 0.15) is 0 Å². The lowest BCUT2D eigenvalue weighted by Gasteiger charge is -2.17. The molecule has 0 radical (unpaired) electrons. The number of hydrogen-bond donors (Lipinski definition) is 0. The van der Waals surface area contributed by atoms with Crippen molar-refractivity contribution in [2.24, 2.45) is 0 Å². The Morgan fingerprint density at radius 2 is 1.67 bits per heavy atom. The molecule has 0 spiro atoms. The number of benzene rings is 3. The Morgan fingerprint density at radius 1 is 0.872 bits per heavy atom. The van der Waals surface area contributed by atoms with Crippen molar-refractivity contribution < 1.29 is 0 Å². The number of aryl methyl sites for hydroxylation is 3. The molecule has 2 aliphatic carbocycles. The molecular weight excluding hydrogens is 470 g/mol. The van der Waals surface area contributed by atoms with Gasteiger partial charge in [0.25, 0.3) is 0 Å². The molecule has 1 heterocycles. The van der Waals surface area contributed by atoms with E-state index in [4.69, 9.17) is 0 Å². The van der Waals surface area contributed by atoms with E-state index in [0.717, 1.165) is 18.4 Å². The maximum absolute atomic E-state index is 4.37. The molecule has 0 atom stereocenters. The van der Waals surface area contributed by atoms with Gasteiger partial charge < -0.3 is 0 Å². The Labute approximate surface area is 235 Å². The minimum atomic E-state index is 0.363. The highest BCUT2D eigenvalue weighted by Crippen LogP contribution is 2.50. The molecule has 0 N–H and O–H groups in total. The number of aromatic nitrogens is 1. The summed E-state index contributed by atoms with van der Waals surface area (Å²) in [7, 11) is 0. The second kappa shape index (κ2) is 12.0. The predicted octanol–water partition coefficient (Wildman–Crippen LogP) is 9.71. The van der Waals surface area contributed by atoms with Gasteiger partial charge in [-0.1, -0.05) is 93.6 Å². The van der Waals surface area contributed by atoms with Gasteiger partial charge in [0.05, 0.1) is 0 Å². The zero-order valence-corrected chi connectivity index (χ0v) is 23.9. The largest absolute Gasteiger partial charge is 0.264 e. The molecule has 3 aromatic carbocycles. The smallest absolute Gasteiger partial charge is 0.0311 e. The van der Waals surface area contributed by atoms with Crippen molar-refractivity contribution in [2.75, 3.05) is 0 Å². The van der Waals surface area contributed by atoms with Crippen LogP contribution in [0, 0.1) is 0 Å². The molecule has 1 saturated carbocycles. The van der Waals surface area contributed by atoms with Gasteiger partial charge in [-0.15, -0.1) is 5.73 Å². The SMILES string of the molecule is C=C=C(C)c1cccc(CCc2ccc3c(c2)C3)c1.CCCCc1ccccc1-c1ccncc1C1(C)CC1. The third kappa shape index (κ3) is 6.67. The highest BCUT2D eigenvalue weighted by atomic mass is 14.6. The monoisotopic (exact) mass is 511 g/mol. The summed E-state index contributed by atoms with van der Waals surface area (Å²) in [5, 5.41) is 0. The molecule has 0 saturated heterocycles. The van der Waals surface area contributed by atoms with E-state index >= 15 is 0 Å². The van der Waals surface area contributed by atoms with Gasteiger partial charge in [-0.25, -0.2) is 0 Å².